The molecular weight excluding hydrogens is 476 g/mol. The molecule has 0 aliphatic heterocycles. The van der Waals surface area contributed by atoms with Crippen LogP contribution in [0.5, 0.6) is 0 Å². The van der Waals surface area contributed by atoms with E-state index in [1.807, 2.05) is 0 Å². The average molecular weight is 545 g/mol. The van der Waals surface area contributed by atoms with Gasteiger partial charge in [-0.05, 0) is 77.7 Å². The number of hydrogen-bond donors (Lipinski definition) is 2. The molecule has 39 heavy (non-hydrogen) atoms. The molecule has 0 fully saturated rings. The lowest BCUT2D eigenvalue weighted by molar-refractivity contribution is 0.255. The Morgan fingerprint density at radius 2 is 1.15 bits per heavy atom. The van der Waals surface area contributed by atoms with Crippen LogP contribution in [0, 0.1) is 5.92 Å². The molecule has 0 amide bonds. The monoisotopic (exact) mass is 545 g/mol. The van der Waals surface area contributed by atoms with Crippen LogP contribution < -0.4 is 11.5 Å². The van der Waals surface area contributed by atoms with Gasteiger partial charge in [0.25, 0.3) is 0 Å². The van der Waals surface area contributed by atoms with E-state index in [-0.39, 0.29) is 5.96 Å². The Hall–Kier alpha value is -1.55. The van der Waals surface area contributed by atoms with Crippen LogP contribution in [0.15, 0.2) is 41.4 Å². The molecule has 228 valence electrons. The molecule has 0 aromatic rings. The maximum Gasteiger partial charge on any atom is 0.185 e. The van der Waals surface area contributed by atoms with E-state index < -0.39 is 0 Å². The number of rotatable bonds is 29. The van der Waals surface area contributed by atoms with Gasteiger partial charge < -0.3 is 16.4 Å². The summed E-state index contributed by atoms with van der Waals surface area (Å²) in [6, 6.07) is 0. The lowest BCUT2D eigenvalue weighted by Gasteiger charge is -2.24. The summed E-state index contributed by atoms with van der Waals surface area (Å²) in [6.45, 7) is 7.18. The second-order valence-electron chi connectivity index (χ2n) is 11.6. The van der Waals surface area contributed by atoms with Gasteiger partial charge in [-0.25, -0.2) is 0 Å². The van der Waals surface area contributed by atoms with Crippen molar-refractivity contribution in [2.24, 2.45) is 22.4 Å². The van der Waals surface area contributed by atoms with Gasteiger partial charge in [0.05, 0.1) is 6.54 Å². The molecule has 0 radical (unpaired) electrons. The largest absolute Gasteiger partial charge is 0.370 e. The third kappa shape index (κ3) is 30.8. The van der Waals surface area contributed by atoms with E-state index in [1.54, 1.807) is 0 Å². The van der Waals surface area contributed by atoms with E-state index in [0.717, 1.165) is 18.9 Å². The second kappa shape index (κ2) is 31.0. The van der Waals surface area contributed by atoms with Crippen molar-refractivity contribution in [3.8, 4) is 0 Å². The molecule has 0 saturated heterocycles. The number of allylic oxidation sites excluding steroid dienone is 6. The van der Waals surface area contributed by atoms with Crippen molar-refractivity contribution in [3.05, 3.63) is 36.5 Å². The van der Waals surface area contributed by atoms with E-state index in [1.165, 1.54) is 135 Å². The van der Waals surface area contributed by atoms with Crippen LogP contribution in [0.1, 0.15) is 149 Å². The average Bonchev–Trinajstić information content (AvgIpc) is 2.91. The van der Waals surface area contributed by atoms with Crippen LogP contribution in [0.4, 0.5) is 0 Å². The van der Waals surface area contributed by atoms with Crippen molar-refractivity contribution in [2.45, 2.75) is 149 Å². The van der Waals surface area contributed by atoms with Crippen molar-refractivity contribution in [3.63, 3.8) is 0 Å². The summed E-state index contributed by atoms with van der Waals surface area (Å²) in [4.78, 5) is 6.59. The number of likely N-dealkylation sites (N-methyl/N-ethyl adjacent to an activating group) is 1. The fourth-order valence-electron chi connectivity index (χ4n) is 5.20. The van der Waals surface area contributed by atoms with Gasteiger partial charge in [0, 0.05) is 13.1 Å². The summed E-state index contributed by atoms with van der Waals surface area (Å²) < 4.78 is 0. The standard InChI is InChI=1S/C35H68N4/c1-4-6-8-10-12-14-15-16-17-18-19-20-22-24-26-28-30-34(33-39(3)32-31-38-35(36)37)29-27-25-23-21-13-11-9-7-5-2/h5,7,12,14,16-17,34H,4,6,8-11,13,15,18-33H2,1-3H3,(H4,36,37,38)/b7-5-,14-12-,17-16-. The first-order valence-corrected chi connectivity index (χ1v) is 16.7. The summed E-state index contributed by atoms with van der Waals surface area (Å²) in [5, 5.41) is 0. The minimum atomic E-state index is 0.201. The Morgan fingerprint density at radius 1 is 0.667 bits per heavy atom. The number of guanidine groups is 1. The van der Waals surface area contributed by atoms with Gasteiger partial charge in [0.2, 0.25) is 0 Å². The molecule has 1 unspecified atom stereocenters. The highest BCUT2D eigenvalue weighted by Crippen LogP contribution is 2.20. The molecule has 0 aliphatic carbocycles. The van der Waals surface area contributed by atoms with E-state index in [0.29, 0.717) is 6.54 Å². The zero-order valence-electron chi connectivity index (χ0n) is 26.6. The Morgan fingerprint density at radius 3 is 1.67 bits per heavy atom. The van der Waals surface area contributed by atoms with Crippen molar-refractivity contribution in [1.29, 1.82) is 0 Å². The topological polar surface area (TPSA) is 67.6 Å². The summed E-state index contributed by atoms with van der Waals surface area (Å²) in [5.74, 6) is 1.00. The number of aliphatic imine (C=N–C) groups is 1. The molecular formula is C35H68N4. The van der Waals surface area contributed by atoms with Crippen LogP contribution >= 0.6 is 0 Å². The van der Waals surface area contributed by atoms with Crippen LogP contribution in [-0.4, -0.2) is 37.5 Å². The SMILES string of the molecule is C/C=C\CCCCCCCCC(CCCCCCCC/C=C\C/C=C\CCCCC)CN(C)CCN=C(N)N. The Bertz CT molecular complexity index is 604. The molecule has 0 saturated carbocycles. The summed E-state index contributed by atoms with van der Waals surface area (Å²) >= 11 is 0. The van der Waals surface area contributed by atoms with E-state index in [9.17, 15) is 0 Å². The van der Waals surface area contributed by atoms with Gasteiger partial charge in [0.15, 0.2) is 5.96 Å². The van der Waals surface area contributed by atoms with Gasteiger partial charge in [-0.1, -0.05) is 120 Å². The molecule has 4 N–H and O–H groups in total. The maximum atomic E-state index is 5.49. The Balaban J connectivity index is 4.00. The molecule has 0 aliphatic rings. The van der Waals surface area contributed by atoms with Gasteiger partial charge in [0.1, 0.15) is 0 Å². The van der Waals surface area contributed by atoms with Crippen molar-refractivity contribution in [2.75, 3.05) is 26.7 Å². The highest BCUT2D eigenvalue weighted by molar-refractivity contribution is 5.75. The van der Waals surface area contributed by atoms with Crippen molar-refractivity contribution >= 4 is 5.96 Å². The van der Waals surface area contributed by atoms with Crippen molar-refractivity contribution < 1.29 is 0 Å². The number of unbranched alkanes of at least 4 members (excludes halogenated alkanes) is 15. The molecule has 0 heterocycles. The zero-order valence-corrected chi connectivity index (χ0v) is 26.6. The quantitative estimate of drug-likeness (QED) is 0.0426. The normalized spacial score (nSPS) is 12.9. The van der Waals surface area contributed by atoms with Gasteiger partial charge in [-0.3, -0.25) is 4.99 Å². The fourth-order valence-corrected chi connectivity index (χ4v) is 5.20. The third-order valence-electron chi connectivity index (χ3n) is 7.63. The van der Waals surface area contributed by atoms with Crippen molar-refractivity contribution in [1.82, 2.24) is 4.90 Å². The predicted octanol–water partition coefficient (Wildman–Crippen LogP) is 9.71. The first-order valence-electron chi connectivity index (χ1n) is 16.7. The molecule has 0 rings (SSSR count). The van der Waals surface area contributed by atoms with Gasteiger partial charge >= 0.3 is 0 Å². The third-order valence-corrected chi connectivity index (χ3v) is 7.63. The molecule has 4 nitrogen and oxygen atoms in total. The van der Waals surface area contributed by atoms with Crippen LogP contribution in [0.2, 0.25) is 0 Å². The van der Waals surface area contributed by atoms with Crippen LogP contribution in [-0.2, 0) is 0 Å². The number of nitrogens with zero attached hydrogens (tertiary/aromatic N) is 2. The second-order valence-corrected chi connectivity index (χ2v) is 11.6. The number of hydrogen-bond acceptors (Lipinski definition) is 2. The predicted molar refractivity (Wildman–Crippen MR) is 177 cm³/mol. The highest BCUT2D eigenvalue weighted by atomic mass is 15.1. The van der Waals surface area contributed by atoms with E-state index in [2.05, 4.69) is 67.2 Å². The summed E-state index contributed by atoms with van der Waals surface area (Å²) in [7, 11) is 2.22. The number of nitrogens with two attached hydrogens (primary N) is 2. The maximum absolute atomic E-state index is 5.49. The molecule has 0 aromatic carbocycles. The highest BCUT2D eigenvalue weighted by Gasteiger charge is 2.11. The Labute approximate surface area is 244 Å². The van der Waals surface area contributed by atoms with Crippen LogP contribution in [0.25, 0.3) is 0 Å². The molecule has 4 heteroatoms. The molecule has 1 atom stereocenters. The van der Waals surface area contributed by atoms with E-state index in [4.69, 9.17) is 11.5 Å². The fraction of sp³-hybridized carbons (Fsp3) is 0.800. The van der Waals surface area contributed by atoms with E-state index >= 15 is 0 Å². The first-order chi connectivity index (χ1) is 19.1. The van der Waals surface area contributed by atoms with Gasteiger partial charge in [-0.2, -0.15) is 0 Å². The summed E-state index contributed by atoms with van der Waals surface area (Å²) in [5.41, 5.74) is 11.0. The minimum Gasteiger partial charge on any atom is -0.370 e. The molecule has 0 spiro atoms. The Kier molecular flexibility index (Phi) is 29.8. The lowest BCUT2D eigenvalue weighted by Crippen LogP contribution is -2.30. The van der Waals surface area contributed by atoms with Crippen LogP contribution in [0.3, 0.4) is 0 Å². The first kappa shape index (κ1) is 37.5. The minimum absolute atomic E-state index is 0.201. The molecule has 0 aromatic heterocycles. The molecule has 0 bridgehead atoms. The zero-order chi connectivity index (χ0) is 28.7. The van der Waals surface area contributed by atoms with Gasteiger partial charge in [-0.15, -0.1) is 0 Å². The lowest BCUT2D eigenvalue weighted by atomic mass is 9.93. The smallest absolute Gasteiger partial charge is 0.185 e. The summed E-state index contributed by atoms with van der Waals surface area (Å²) in [6.07, 6.45) is 42.0.